The summed E-state index contributed by atoms with van der Waals surface area (Å²) < 4.78 is 26.8. The van der Waals surface area contributed by atoms with Crippen molar-refractivity contribution in [3.05, 3.63) is 18.0 Å². The average Bonchev–Trinajstić information content (AvgIpc) is 2.60. The Balaban J connectivity index is 2.89. The van der Waals surface area contributed by atoms with E-state index in [0.29, 0.717) is 0 Å². The van der Waals surface area contributed by atoms with Gasteiger partial charge in [-0.3, -0.25) is 4.79 Å². The van der Waals surface area contributed by atoms with E-state index >= 15 is 0 Å². The number of primary amides is 1. The van der Waals surface area contributed by atoms with E-state index in [1.165, 1.54) is 17.8 Å². The molecule has 0 fully saturated rings. The molecule has 0 radical (unpaired) electrons. The fourth-order valence-electron chi connectivity index (χ4n) is 1.29. The van der Waals surface area contributed by atoms with Crippen LogP contribution in [0.3, 0.4) is 0 Å². The van der Waals surface area contributed by atoms with Gasteiger partial charge in [0.1, 0.15) is 10.6 Å². The third kappa shape index (κ3) is 3.31. The predicted molar refractivity (Wildman–Crippen MR) is 61.4 cm³/mol. The second-order valence-corrected chi connectivity index (χ2v) is 5.36. The highest BCUT2D eigenvalue weighted by molar-refractivity contribution is 7.89. The molecule has 1 aromatic rings. The van der Waals surface area contributed by atoms with Gasteiger partial charge in [0.05, 0.1) is 0 Å². The van der Waals surface area contributed by atoms with Crippen molar-refractivity contribution in [2.45, 2.75) is 11.3 Å². The largest absolute Gasteiger partial charge is 0.477 e. The molecule has 9 heteroatoms. The Kier molecular flexibility index (Phi) is 4.09. The molecule has 1 heterocycles. The lowest BCUT2D eigenvalue weighted by Crippen LogP contribution is -2.27. The molecule has 0 aromatic carbocycles. The smallest absolute Gasteiger partial charge is 0.352 e. The highest BCUT2D eigenvalue weighted by atomic mass is 32.2. The molecule has 18 heavy (non-hydrogen) atoms. The molecule has 1 rings (SSSR count). The number of nitrogens with zero attached hydrogens (tertiary/aromatic N) is 1. The normalized spacial score (nSPS) is 11.4. The number of hydrogen-bond acceptors (Lipinski definition) is 4. The van der Waals surface area contributed by atoms with Crippen LogP contribution in [0.25, 0.3) is 0 Å². The first-order valence-corrected chi connectivity index (χ1v) is 6.40. The van der Waals surface area contributed by atoms with Crippen molar-refractivity contribution in [1.82, 2.24) is 9.29 Å². The Hall–Kier alpha value is -1.87. The lowest BCUT2D eigenvalue weighted by Gasteiger charge is -2.02. The molecule has 100 valence electrons. The molecule has 4 N–H and O–H groups in total. The Morgan fingerprint density at radius 3 is 2.56 bits per heavy atom. The average molecular weight is 275 g/mol. The number of aromatic carboxylic acids is 1. The maximum absolute atomic E-state index is 11.7. The maximum atomic E-state index is 11.7. The summed E-state index contributed by atoms with van der Waals surface area (Å²) in [6.07, 6.45) is 1.05. The van der Waals surface area contributed by atoms with E-state index in [9.17, 15) is 18.0 Å². The number of rotatable bonds is 6. The number of amides is 1. The number of sulfonamides is 1. The highest BCUT2D eigenvalue weighted by Crippen LogP contribution is 2.13. The molecule has 0 unspecified atom stereocenters. The van der Waals surface area contributed by atoms with Crippen LogP contribution in [0.4, 0.5) is 0 Å². The van der Waals surface area contributed by atoms with Crippen LogP contribution in [0.5, 0.6) is 0 Å². The summed E-state index contributed by atoms with van der Waals surface area (Å²) in [6.45, 7) is -0.130. The molecule has 0 aliphatic heterocycles. The maximum Gasteiger partial charge on any atom is 0.352 e. The molecule has 0 saturated carbocycles. The Morgan fingerprint density at radius 1 is 1.50 bits per heavy atom. The second-order valence-electron chi connectivity index (χ2n) is 3.59. The minimum Gasteiger partial charge on any atom is -0.477 e. The van der Waals surface area contributed by atoms with Gasteiger partial charge in [0.25, 0.3) is 0 Å². The van der Waals surface area contributed by atoms with Gasteiger partial charge in [-0.1, -0.05) is 0 Å². The standard InChI is InChI=1S/C9H13N3O5S/c1-12-5-6(4-7(12)9(14)15)18(16,17)11-3-2-8(10)13/h4-5,11H,2-3H2,1H3,(H2,10,13)(H,14,15). The Morgan fingerprint density at radius 2 is 2.11 bits per heavy atom. The SMILES string of the molecule is Cn1cc(S(=O)(=O)NCCC(N)=O)cc1C(=O)O. The fourth-order valence-corrected chi connectivity index (χ4v) is 2.39. The number of carboxylic acid groups (broad SMARTS) is 1. The van der Waals surface area contributed by atoms with Crippen molar-refractivity contribution in [3.63, 3.8) is 0 Å². The van der Waals surface area contributed by atoms with Crippen molar-refractivity contribution >= 4 is 21.9 Å². The molecule has 0 aliphatic carbocycles. The number of aryl methyl sites for hydroxylation is 1. The number of nitrogens with two attached hydrogens (primary N) is 1. The van der Waals surface area contributed by atoms with E-state index < -0.39 is 21.9 Å². The van der Waals surface area contributed by atoms with E-state index in [4.69, 9.17) is 10.8 Å². The summed E-state index contributed by atoms with van der Waals surface area (Å²) in [5.41, 5.74) is 4.72. The van der Waals surface area contributed by atoms with Crippen LogP contribution >= 0.6 is 0 Å². The van der Waals surface area contributed by atoms with Crippen molar-refractivity contribution in [2.24, 2.45) is 12.8 Å². The molecule has 8 nitrogen and oxygen atoms in total. The molecule has 1 amide bonds. The van der Waals surface area contributed by atoms with Crippen LogP contribution in [0.1, 0.15) is 16.9 Å². The number of aromatic nitrogens is 1. The molecule has 0 aliphatic rings. The topological polar surface area (TPSA) is 131 Å². The van der Waals surface area contributed by atoms with E-state index in [-0.39, 0.29) is 23.6 Å². The minimum atomic E-state index is -3.83. The van der Waals surface area contributed by atoms with Crippen molar-refractivity contribution in [3.8, 4) is 0 Å². The number of nitrogens with one attached hydrogen (secondary N) is 1. The second kappa shape index (κ2) is 5.19. The number of carbonyl (C=O) groups is 2. The molecular formula is C9H13N3O5S. The van der Waals surface area contributed by atoms with Gasteiger partial charge in [-0.25, -0.2) is 17.9 Å². The van der Waals surface area contributed by atoms with Crippen LogP contribution < -0.4 is 10.5 Å². The van der Waals surface area contributed by atoms with Crippen LogP contribution in [-0.4, -0.2) is 36.5 Å². The van der Waals surface area contributed by atoms with Crippen molar-refractivity contribution in [2.75, 3.05) is 6.54 Å². The van der Waals surface area contributed by atoms with Gasteiger partial charge < -0.3 is 15.4 Å². The van der Waals surface area contributed by atoms with Gasteiger partial charge in [-0.2, -0.15) is 0 Å². The lowest BCUT2D eigenvalue weighted by molar-refractivity contribution is -0.117. The third-order valence-electron chi connectivity index (χ3n) is 2.17. The van der Waals surface area contributed by atoms with E-state index in [1.54, 1.807) is 0 Å². The fraction of sp³-hybridized carbons (Fsp3) is 0.333. The summed E-state index contributed by atoms with van der Waals surface area (Å²) in [4.78, 5) is 21.1. The van der Waals surface area contributed by atoms with Crippen LogP contribution in [0, 0.1) is 0 Å². The summed E-state index contributed by atoms with van der Waals surface area (Å²) in [5, 5.41) is 8.80. The van der Waals surface area contributed by atoms with Gasteiger partial charge in [-0.15, -0.1) is 0 Å². The first kappa shape index (κ1) is 14.2. The van der Waals surface area contributed by atoms with Crippen molar-refractivity contribution < 1.29 is 23.1 Å². The minimum absolute atomic E-state index is 0.127. The first-order valence-electron chi connectivity index (χ1n) is 4.91. The van der Waals surface area contributed by atoms with Crippen LogP contribution in [-0.2, 0) is 21.9 Å². The van der Waals surface area contributed by atoms with Gasteiger partial charge in [0.15, 0.2) is 0 Å². The van der Waals surface area contributed by atoms with E-state index in [1.807, 2.05) is 0 Å². The molecule has 1 aromatic heterocycles. The van der Waals surface area contributed by atoms with E-state index in [0.717, 1.165) is 6.07 Å². The van der Waals surface area contributed by atoms with Gasteiger partial charge in [0, 0.05) is 26.2 Å². The summed E-state index contributed by atoms with van der Waals surface area (Å²) in [6, 6.07) is 1.04. The van der Waals surface area contributed by atoms with Gasteiger partial charge in [-0.05, 0) is 6.07 Å². The van der Waals surface area contributed by atoms with Crippen molar-refractivity contribution in [1.29, 1.82) is 0 Å². The Bertz CT molecular complexity index is 575. The van der Waals surface area contributed by atoms with Gasteiger partial charge in [0.2, 0.25) is 15.9 Å². The third-order valence-corrected chi connectivity index (χ3v) is 3.60. The quantitative estimate of drug-likeness (QED) is 0.605. The zero-order valence-electron chi connectivity index (χ0n) is 9.58. The molecule has 0 bridgehead atoms. The monoisotopic (exact) mass is 275 g/mol. The summed E-state index contributed by atoms with van der Waals surface area (Å²) in [7, 11) is -2.41. The zero-order chi connectivity index (χ0) is 13.9. The zero-order valence-corrected chi connectivity index (χ0v) is 10.4. The highest BCUT2D eigenvalue weighted by Gasteiger charge is 2.19. The predicted octanol–water partition coefficient (Wildman–Crippen LogP) is -1.12. The van der Waals surface area contributed by atoms with Crippen LogP contribution in [0.2, 0.25) is 0 Å². The van der Waals surface area contributed by atoms with Crippen LogP contribution in [0.15, 0.2) is 17.2 Å². The molecule has 0 atom stereocenters. The summed E-state index contributed by atoms with van der Waals surface area (Å²) in [5.74, 6) is -1.85. The molecular weight excluding hydrogens is 262 g/mol. The number of hydrogen-bond donors (Lipinski definition) is 3. The Labute approximate surface area is 103 Å². The lowest BCUT2D eigenvalue weighted by atomic mass is 10.4. The number of carboxylic acids is 1. The summed E-state index contributed by atoms with van der Waals surface area (Å²) >= 11 is 0. The first-order chi connectivity index (χ1) is 8.24. The van der Waals surface area contributed by atoms with E-state index in [2.05, 4.69) is 4.72 Å². The number of carbonyl (C=O) groups excluding carboxylic acids is 1. The molecule has 0 spiro atoms. The molecule has 0 saturated heterocycles. The van der Waals surface area contributed by atoms with Gasteiger partial charge >= 0.3 is 5.97 Å².